The smallest absolute Gasteiger partial charge is 0.337 e. The van der Waals surface area contributed by atoms with Gasteiger partial charge in [0, 0.05) is 43.9 Å². The summed E-state index contributed by atoms with van der Waals surface area (Å²) in [4.78, 5) is 14.7. The number of amides is 1. The van der Waals surface area contributed by atoms with E-state index >= 15 is 0 Å². The first kappa shape index (κ1) is 22.8. The maximum absolute atomic E-state index is 13.2. The molecule has 0 bridgehead atoms. The third kappa shape index (κ3) is 4.54. The molecule has 4 rings (SSSR count). The summed E-state index contributed by atoms with van der Waals surface area (Å²) in [5.74, 6) is -0.342. The largest absolute Gasteiger partial charge is 0.416 e. The molecule has 0 aliphatic carbocycles. The molecule has 1 fully saturated rings. The molecule has 174 valence electrons. The van der Waals surface area contributed by atoms with Crippen LogP contribution in [0.4, 0.5) is 13.2 Å². The zero-order valence-electron chi connectivity index (χ0n) is 17.9. The van der Waals surface area contributed by atoms with Crippen LogP contribution >= 0.6 is 0 Å². The summed E-state index contributed by atoms with van der Waals surface area (Å²) >= 11 is 0. The number of H-pyrrole nitrogens is 1. The molecule has 1 aromatic heterocycles. The third-order valence-corrected chi connectivity index (χ3v) is 7.50. The maximum Gasteiger partial charge on any atom is 0.416 e. The van der Waals surface area contributed by atoms with Crippen LogP contribution in [0.15, 0.2) is 18.2 Å². The van der Waals surface area contributed by atoms with Crippen molar-refractivity contribution in [1.29, 1.82) is 0 Å². The first-order chi connectivity index (χ1) is 14.9. The lowest BCUT2D eigenvalue weighted by Crippen LogP contribution is -2.40. The number of carbonyl (C=O) groups is 1. The molecule has 7 nitrogen and oxygen atoms in total. The molecule has 0 spiro atoms. The Balaban J connectivity index is 1.47. The predicted octanol–water partition coefficient (Wildman–Crippen LogP) is 3.07. The van der Waals surface area contributed by atoms with Crippen LogP contribution in [0.5, 0.6) is 0 Å². The highest BCUT2D eigenvalue weighted by atomic mass is 32.2. The molecule has 0 atom stereocenters. The molecule has 1 amide bonds. The fourth-order valence-electron chi connectivity index (χ4n) is 4.51. The lowest BCUT2D eigenvalue weighted by molar-refractivity contribution is -0.137. The Kier molecular flexibility index (Phi) is 5.83. The Hall–Kier alpha value is -2.40. The number of aromatic nitrogens is 2. The van der Waals surface area contributed by atoms with Crippen molar-refractivity contribution in [2.45, 2.75) is 44.8 Å². The van der Waals surface area contributed by atoms with E-state index in [0.29, 0.717) is 55.6 Å². The van der Waals surface area contributed by atoms with Crippen molar-refractivity contribution < 1.29 is 26.4 Å². The van der Waals surface area contributed by atoms with Crippen molar-refractivity contribution in [3.05, 3.63) is 51.8 Å². The summed E-state index contributed by atoms with van der Waals surface area (Å²) < 4.78 is 64.7. The van der Waals surface area contributed by atoms with Gasteiger partial charge in [-0.2, -0.15) is 22.6 Å². The Labute approximate surface area is 184 Å². The van der Waals surface area contributed by atoms with Crippen molar-refractivity contribution in [2.24, 2.45) is 0 Å². The Morgan fingerprint density at radius 1 is 1.16 bits per heavy atom. The number of hydrogen-bond acceptors (Lipinski definition) is 4. The summed E-state index contributed by atoms with van der Waals surface area (Å²) in [6, 6.07) is 4.13. The summed E-state index contributed by atoms with van der Waals surface area (Å²) in [7, 11) is -3.38. The van der Waals surface area contributed by atoms with Gasteiger partial charge in [0.25, 0.3) is 5.91 Å². The number of alkyl halides is 3. The maximum atomic E-state index is 13.2. The molecule has 0 unspecified atom stereocenters. The molecule has 2 aliphatic heterocycles. The van der Waals surface area contributed by atoms with E-state index in [1.807, 2.05) is 0 Å². The van der Waals surface area contributed by atoms with E-state index in [1.165, 1.54) is 10.4 Å². The zero-order valence-corrected chi connectivity index (χ0v) is 18.7. The van der Waals surface area contributed by atoms with Crippen molar-refractivity contribution in [2.75, 3.05) is 25.9 Å². The van der Waals surface area contributed by atoms with Crippen LogP contribution in [-0.4, -0.2) is 59.6 Å². The van der Waals surface area contributed by atoms with Crippen LogP contribution in [0.2, 0.25) is 0 Å². The summed E-state index contributed by atoms with van der Waals surface area (Å²) in [5, 5.41) is 7.01. The fourth-order valence-corrected chi connectivity index (χ4v) is 5.29. The summed E-state index contributed by atoms with van der Waals surface area (Å²) in [6.45, 7) is 2.89. The van der Waals surface area contributed by atoms with Crippen molar-refractivity contribution in [3.63, 3.8) is 0 Å². The number of carbonyl (C=O) groups excluding carboxylic acids is 1. The van der Waals surface area contributed by atoms with Gasteiger partial charge in [0.1, 0.15) is 0 Å². The van der Waals surface area contributed by atoms with Crippen LogP contribution in [0.25, 0.3) is 0 Å². The predicted molar refractivity (Wildman–Crippen MR) is 112 cm³/mol. The molecule has 1 N–H and O–H groups in total. The van der Waals surface area contributed by atoms with Gasteiger partial charge in [0.05, 0.1) is 11.8 Å². The number of sulfonamides is 1. The number of hydrogen-bond donors (Lipinski definition) is 1. The summed E-state index contributed by atoms with van der Waals surface area (Å²) in [5.41, 5.74) is 2.15. The monoisotopic (exact) mass is 470 g/mol. The highest BCUT2D eigenvalue weighted by Crippen LogP contribution is 2.35. The lowest BCUT2D eigenvalue weighted by Gasteiger charge is -2.33. The second-order valence-electron chi connectivity index (χ2n) is 8.57. The van der Waals surface area contributed by atoms with E-state index < -0.39 is 21.8 Å². The molecule has 1 aromatic carbocycles. The topological polar surface area (TPSA) is 86.4 Å². The van der Waals surface area contributed by atoms with E-state index in [1.54, 1.807) is 17.9 Å². The number of fused-ring (bicyclic) bond motifs is 1. The van der Waals surface area contributed by atoms with Gasteiger partial charge in [-0.05, 0) is 43.4 Å². The number of benzene rings is 1. The number of nitrogens with one attached hydrogen (secondary N) is 1. The van der Waals surface area contributed by atoms with Crippen molar-refractivity contribution in [1.82, 2.24) is 19.4 Å². The minimum absolute atomic E-state index is 0.0612. The first-order valence-electron chi connectivity index (χ1n) is 10.4. The Morgan fingerprint density at radius 3 is 2.47 bits per heavy atom. The number of piperidine rings is 1. The van der Waals surface area contributed by atoms with Crippen LogP contribution < -0.4 is 0 Å². The fraction of sp³-hybridized carbons (Fsp3) is 0.524. The minimum Gasteiger partial charge on any atom is -0.337 e. The van der Waals surface area contributed by atoms with Crippen LogP contribution in [0.1, 0.15) is 57.2 Å². The van der Waals surface area contributed by atoms with E-state index in [4.69, 9.17) is 0 Å². The number of aromatic amines is 1. The Bertz CT molecular complexity index is 1140. The van der Waals surface area contributed by atoms with E-state index in [-0.39, 0.29) is 24.1 Å². The molecular formula is C21H25F3N4O3S. The number of halogens is 3. The standard InChI is InChI=1S/C21H25F3N4O3S/c1-13-9-15(11-16(10-13)21(22,23)24)14-3-6-27(7-4-14)20(29)19-17-12-28(32(2,30)31)8-5-18(17)25-26-19/h9-11,14H,3-8,12H2,1-2H3,(H,25,26). The molecule has 11 heteroatoms. The molecule has 2 aliphatic rings. The number of rotatable bonds is 3. The van der Waals surface area contributed by atoms with E-state index in [9.17, 15) is 26.4 Å². The molecular weight excluding hydrogens is 445 g/mol. The number of likely N-dealkylation sites (tertiary alicyclic amines) is 1. The van der Waals surface area contributed by atoms with Gasteiger partial charge in [-0.15, -0.1) is 0 Å². The highest BCUT2D eigenvalue weighted by molar-refractivity contribution is 7.88. The second-order valence-corrected chi connectivity index (χ2v) is 10.6. The quantitative estimate of drug-likeness (QED) is 0.747. The van der Waals surface area contributed by atoms with Crippen LogP contribution in [0.3, 0.4) is 0 Å². The minimum atomic E-state index is -4.39. The molecule has 32 heavy (non-hydrogen) atoms. The van der Waals surface area contributed by atoms with Crippen LogP contribution in [0, 0.1) is 6.92 Å². The third-order valence-electron chi connectivity index (χ3n) is 6.25. The van der Waals surface area contributed by atoms with E-state index in [0.717, 1.165) is 18.0 Å². The van der Waals surface area contributed by atoms with Gasteiger partial charge in [-0.3, -0.25) is 9.89 Å². The van der Waals surface area contributed by atoms with E-state index in [2.05, 4.69) is 10.2 Å². The van der Waals surface area contributed by atoms with Gasteiger partial charge >= 0.3 is 6.18 Å². The average molecular weight is 471 g/mol. The molecule has 3 heterocycles. The van der Waals surface area contributed by atoms with Crippen molar-refractivity contribution >= 4 is 15.9 Å². The van der Waals surface area contributed by atoms with Gasteiger partial charge < -0.3 is 4.90 Å². The lowest BCUT2D eigenvalue weighted by atomic mass is 9.87. The van der Waals surface area contributed by atoms with Gasteiger partial charge in [0.2, 0.25) is 10.0 Å². The molecule has 0 saturated carbocycles. The second kappa shape index (κ2) is 8.18. The Morgan fingerprint density at radius 2 is 1.84 bits per heavy atom. The summed E-state index contributed by atoms with van der Waals surface area (Å²) in [6.07, 6.45) is -1.70. The SMILES string of the molecule is Cc1cc(C2CCN(C(=O)c3n[nH]c4c3CN(S(C)(=O)=O)CC4)CC2)cc(C(F)(F)F)c1. The van der Waals surface area contributed by atoms with Gasteiger partial charge in [0.15, 0.2) is 5.69 Å². The number of nitrogens with zero attached hydrogens (tertiary/aromatic N) is 3. The molecule has 2 aromatic rings. The van der Waals surface area contributed by atoms with Gasteiger partial charge in [-0.1, -0.05) is 11.6 Å². The van der Waals surface area contributed by atoms with Crippen LogP contribution in [-0.2, 0) is 29.2 Å². The normalized spacial score (nSPS) is 18.6. The number of aryl methyl sites for hydroxylation is 1. The van der Waals surface area contributed by atoms with Crippen molar-refractivity contribution in [3.8, 4) is 0 Å². The highest BCUT2D eigenvalue weighted by Gasteiger charge is 2.34. The first-order valence-corrected chi connectivity index (χ1v) is 12.3. The van der Waals surface area contributed by atoms with Gasteiger partial charge in [-0.25, -0.2) is 8.42 Å². The molecule has 0 radical (unpaired) electrons. The zero-order chi connectivity index (χ0) is 23.3. The molecule has 1 saturated heterocycles. The average Bonchev–Trinajstić information content (AvgIpc) is 3.15.